The lowest BCUT2D eigenvalue weighted by molar-refractivity contribution is 0.0951. The maximum Gasteiger partial charge on any atom is 0.253 e. The van der Waals surface area contributed by atoms with Gasteiger partial charge in [-0.3, -0.25) is 4.79 Å². The Morgan fingerprint density at radius 2 is 1.80 bits per heavy atom. The lowest BCUT2D eigenvalue weighted by atomic mass is 10.2. The molecule has 2 aromatic carbocycles. The highest BCUT2D eigenvalue weighted by Gasteiger charge is 2.30. The molecule has 0 heterocycles. The summed E-state index contributed by atoms with van der Waals surface area (Å²) in [6.07, 6.45) is 1.58. The van der Waals surface area contributed by atoms with Crippen molar-refractivity contribution in [3.63, 3.8) is 0 Å². The summed E-state index contributed by atoms with van der Waals surface area (Å²) in [6, 6.07) is 9.81. The molecule has 1 saturated carbocycles. The standard InChI is InChI=1S/C21H24Cl2N2O4S/c1-13(2)12-29-16-7-3-14(4-8-16)11-24-21(26)17-9-20(19(23)10-18(17)22)30(27,28)25-15-5-6-15/h3-4,7-10,13,15,25H,5-6,11-12H2,1-2H3,(H,24,26). The lowest BCUT2D eigenvalue weighted by Gasteiger charge is -2.12. The third-order valence-corrected chi connectivity index (χ3v) is 6.71. The van der Waals surface area contributed by atoms with E-state index in [1.165, 1.54) is 12.1 Å². The second-order valence-corrected chi connectivity index (χ2v) is 10.2. The first-order chi connectivity index (χ1) is 14.2. The Bertz CT molecular complexity index is 1020. The molecule has 0 radical (unpaired) electrons. The first-order valence-electron chi connectivity index (χ1n) is 9.67. The average Bonchev–Trinajstić information content (AvgIpc) is 3.48. The van der Waals surface area contributed by atoms with E-state index < -0.39 is 15.9 Å². The lowest BCUT2D eigenvalue weighted by Crippen LogP contribution is -2.27. The summed E-state index contributed by atoms with van der Waals surface area (Å²) in [4.78, 5) is 12.5. The van der Waals surface area contributed by atoms with Crippen molar-refractivity contribution in [2.45, 2.75) is 44.2 Å². The van der Waals surface area contributed by atoms with Crippen molar-refractivity contribution in [1.82, 2.24) is 10.0 Å². The molecule has 0 saturated heterocycles. The van der Waals surface area contributed by atoms with Gasteiger partial charge in [-0.05, 0) is 48.6 Å². The zero-order chi connectivity index (χ0) is 21.9. The molecule has 2 N–H and O–H groups in total. The Balaban J connectivity index is 1.68. The molecule has 1 aliphatic rings. The van der Waals surface area contributed by atoms with Gasteiger partial charge in [0.1, 0.15) is 10.6 Å². The molecule has 0 bridgehead atoms. The zero-order valence-corrected chi connectivity index (χ0v) is 19.1. The van der Waals surface area contributed by atoms with Crippen LogP contribution in [0.3, 0.4) is 0 Å². The van der Waals surface area contributed by atoms with Crippen molar-refractivity contribution >= 4 is 39.1 Å². The first kappa shape index (κ1) is 22.9. The molecule has 162 valence electrons. The van der Waals surface area contributed by atoms with Crippen molar-refractivity contribution in [2.75, 3.05) is 6.61 Å². The first-order valence-corrected chi connectivity index (χ1v) is 11.9. The molecule has 0 atom stereocenters. The van der Waals surface area contributed by atoms with E-state index in [0.29, 0.717) is 12.5 Å². The molecule has 3 rings (SSSR count). The quantitative estimate of drug-likeness (QED) is 0.568. The third-order valence-electron chi connectivity index (χ3n) is 4.41. The van der Waals surface area contributed by atoms with Crippen LogP contribution in [0.4, 0.5) is 0 Å². The molecule has 0 aliphatic heterocycles. The monoisotopic (exact) mass is 470 g/mol. The van der Waals surface area contributed by atoms with Crippen molar-refractivity contribution < 1.29 is 17.9 Å². The van der Waals surface area contributed by atoms with Crippen LogP contribution in [0.2, 0.25) is 10.0 Å². The molecule has 0 unspecified atom stereocenters. The van der Waals surface area contributed by atoms with E-state index >= 15 is 0 Å². The normalized spacial score (nSPS) is 14.0. The topological polar surface area (TPSA) is 84.5 Å². The second-order valence-electron chi connectivity index (χ2n) is 7.69. The number of nitrogens with one attached hydrogen (secondary N) is 2. The number of amides is 1. The van der Waals surface area contributed by atoms with Gasteiger partial charge >= 0.3 is 0 Å². The van der Waals surface area contributed by atoms with Crippen LogP contribution < -0.4 is 14.8 Å². The fourth-order valence-corrected chi connectivity index (χ4v) is 4.80. The molecule has 1 aliphatic carbocycles. The SMILES string of the molecule is CC(C)COc1ccc(CNC(=O)c2cc(S(=O)(=O)NC3CC3)c(Cl)cc2Cl)cc1. The van der Waals surface area contributed by atoms with Crippen LogP contribution in [0.25, 0.3) is 0 Å². The minimum atomic E-state index is -3.82. The van der Waals surface area contributed by atoms with E-state index in [-0.39, 0.29) is 33.1 Å². The predicted octanol–water partition coefficient (Wildman–Crippen LogP) is 4.40. The Labute approximate surface area is 187 Å². The number of benzene rings is 2. The van der Waals surface area contributed by atoms with Gasteiger partial charge in [-0.1, -0.05) is 49.2 Å². The molecule has 2 aromatic rings. The number of ether oxygens (including phenoxy) is 1. The highest BCUT2D eigenvalue weighted by Crippen LogP contribution is 2.30. The number of carbonyl (C=O) groups excluding carboxylic acids is 1. The second kappa shape index (κ2) is 9.56. The van der Waals surface area contributed by atoms with Crippen LogP contribution >= 0.6 is 23.2 Å². The molecule has 1 fully saturated rings. The van der Waals surface area contributed by atoms with Crippen LogP contribution in [0, 0.1) is 5.92 Å². The number of hydrogen-bond donors (Lipinski definition) is 2. The van der Waals surface area contributed by atoms with Gasteiger partial charge in [0.25, 0.3) is 5.91 Å². The van der Waals surface area contributed by atoms with Gasteiger partial charge in [0.2, 0.25) is 10.0 Å². The van der Waals surface area contributed by atoms with Gasteiger partial charge in [0.15, 0.2) is 0 Å². The number of halogens is 2. The Hall–Kier alpha value is -1.80. The molecular formula is C21H24Cl2N2O4S. The third kappa shape index (κ3) is 6.11. The van der Waals surface area contributed by atoms with Crippen LogP contribution in [-0.2, 0) is 16.6 Å². The fraction of sp³-hybridized carbons (Fsp3) is 0.381. The Kier molecular flexibility index (Phi) is 7.29. The average molecular weight is 471 g/mol. The van der Waals surface area contributed by atoms with Crippen molar-refractivity contribution in [3.8, 4) is 5.75 Å². The highest BCUT2D eigenvalue weighted by molar-refractivity contribution is 7.89. The number of rotatable bonds is 9. The van der Waals surface area contributed by atoms with Crippen molar-refractivity contribution in [2.24, 2.45) is 5.92 Å². The van der Waals surface area contributed by atoms with Crippen molar-refractivity contribution in [1.29, 1.82) is 0 Å². The maximum absolute atomic E-state index is 12.6. The molecule has 1 amide bonds. The number of sulfonamides is 1. The van der Waals surface area contributed by atoms with E-state index in [0.717, 1.165) is 24.2 Å². The van der Waals surface area contributed by atoms with E-state index in [9.17, 15) is 13.2 Å². The zero-order valence-electron chi connectivity index (χ0n) is 16.7. The Morgan fingerprint density at radius 1 is 1.13 bits per heavy atom. The van der Waals surface area contributed by atoms with Gasteiger partial charge < -0.3 is 10.1 Å². The smallest absolute Gasteiger partial charge is 0.253 e. The number of carbonyl (C=O) groups is 1. The fourth-order valence-electron chi connectivity index (χ4n) is 2.64. The summed E-state index contributed by atoms with van der Waals surface area (Å²) in [6.45, 7) is 5.03. The highest BCUT2D eigenvalue weighted by atomic mass is 35.5. The maximum atomic E-state index is 12.6. The predicted molar refractivity (Wildman–Crippen MR) is 118 cm³/mol. The van der Waals surface area contributed by atoms with E-state index in [1.807, 2.05) is 24.3 Å². The van der Waals surface area contributed by atoms with Crippen LogP contribution in [0.15, 0.2) is 41.3 Å². The molecule has 30 heavy (non-hydrogen) atoms. The summed E-state index contributed by atoms with van der Waals surface area (Å²) in [5.41, 5.74) is 0.919. The van der Waals surface area contributed by atoms with E-state index in [4.69, 9.17) is 27.9 Å². The largest absolute Gasteiger partial charge is 0.493 e. The molecule has 0 aromatic heterocycles. The van der Waals surface area contributed by atoms with E-state index in [1.54, 1.807) is 0 Å². The van der Waals surface area contributed by atoms with Crippen LogP contribution in [0.5, 0.6) is 5.75 Å². The van der Waals surface area contributed by atoms with Gasteiger partial charge in [0.05, 0.1) is 22.2 Å². The van der Waals surface area contributed by atoms with E-state index in [2.05, 4.69) is 23.9 Å². The number of hydrogen-bond acceptors (Lipinski definition) is 4. The van der Waals surface area contributed by atoms with Crippen LogP contribution in [0.1, 0.15) is 42.6 Å². The molecule has 6 nitrogen and oxygen atoms in total. The van der Waals surface area contributed by atoms with Gasteiger partial charge in [0, 0.05) is 12.6 Å². The minimum absolute atomic E-state index is 0.0262. The Morgan fingerprint density at radius 3 is 2.40 bits per heavy atom. The minimum Gasteiger partial charge on any atom is -0.493 e. The van der Waals surface area contributed by atoms with Gasteiger partial charge in [-0.2, -0.15) is 0 Å². The van der Waals surface area contributed by atoms with Gasteiger partial charge in [-0.25, -0.2) is 13.1 Å². The summed E-state index contributed by atoms with van der Waals surface area (Å²) >= 11 is 12.2. The summed E-state index contributed by atoms with van der Waals surface area (Å²) in [7, 11) is -3.82. The summed E-state index contributed by atoms with van der Waals surface area (Å²) in [5.74, 6) is 0.707. The van der Waals surface area contributed by atoms with Crippen LogP contribution in [-0.4, -0.2) is 27.0 Å². The summed E-state index contributed by atoms with van der Waals surface area (Å²) in [5, 5.41) is 2.81. The van der Waals surface area contributed by atoms with Gasteiger partial charge in [-0.15, -0.1) is 0 Å². The van der Waals surface area contributed by atoms with Crippen molar-refractivity contribution in [3.05, 3.63) is 57.6 Å². The molecule has 9 heteroatoms. The molecule has 0 spiro atoms. The molecular weight excluding hydrogens is 447 g/mol. The summed E-state index contributed by atoms with van der Waals surface area (Å²) < 4.78 is 33.2.